The van der Waals surface area contributed by atoms with Crippen molar-refractivity contribution in [2.45, 2.75) is 31.6 Å². The molecule has 0 radical (unpaired) electrons. The molecule has 0 saturated heterocycles. The highest BCUT2D eigenvalue weighted by molar-refractivity contribution is 8.00. The lowest BCUT2D eigenvalue weighted by Crippen LogP contribution is -2.43. The molecule has 0 spiro atoms. The second-order valence-corrected chi connectivity index (χ2v) is 6.40. The topological polar surface area (TPSA) is 84.2 Å². The van der Waals surface area contributed by atoms with Crippen LogP contribution in [-0.2, 0) is 4.79 Å². The Balaban J connectivity index is 1.89. The number of amides is 2. The average Bonchev–Trinajstić information content (AvgIpc) is 2.94. The molecule has 1 heterocycles. The molecule has 1 aromatic heterocycles. The van der Waals surface area contributed by atoms with Crippen LogP contribution in [0.25, 0.3) is 0 Å². The van der Waals surface area contributed by atoms with Gasteiger partial charge in [-0.15, -0.1) is 11.8 Å². The summed E-state index contributed by atoms with van der Waals surface area (Å²) in [6.45, 7) is 5.40. The number of nitrogens with one attached hydrogen (secondary N) is 2. The summed E-state index contributed by atoms with van der Waals surface area (Å²) >= 11 is 1.05. The van der Waals surface area contributed by atoms with Gasteiger partial charge >= 0.3 is 0 Å². The summed E-state index contributed by atoms with van der Waals surface area (Å²) in [5, 5.41) is 3.78. The zero-order valence-corrected chi connectivity index (χ0v) is 14.4. The van der Waals surface area contributed by atoms with Gasteiger partial charge in [0.25, 0.3) is 5.91 Å². The number of carbonyl (C=O) groups excluding carboxylic acids is 2. The van der Waals surface area contributed by atoms with E-state index in [4.69, 9.17) is 4.52 Å². The molecule has 2 amide bonds. The van der Waals surface area contributed by atoms with Gasteiger partial charge < -0.3 is 4.52 Å². The lowest BCUT2D eigenvalue weighted by Gasteiger charge is -2.08. The number of thioether (sulfide) groups is 1. The Kier molecular flexibility index (Phi) is 5.97. The number of carbonyl (C=O) groups is 2. The fourth-order valence-corrected chi connectivity index (χ4v) is 2.73. The van der Waals surface area contributed by atoms with Gasteiger partial charge in [0.1, 0.15) is 11.4 Å². The number of benzene rings is 1. The Morgan fingerprint density at radius 1 is 1.29 bits per heavy atom. The van der Waals surface area contributed by atoms with Crippen LogP contribution in [0.2, 0.25) is 0 Å². The van der Waals surface area contributed by atoms with Crippen LogP contribution in [-0.4, -0.2) is 22.7 Å². The molecule has 2 aromatic rings. The number of hydrogen-bond donors (Lipinski definition) is 2. The van der Waals surface area contributed by atoms with Crippen molar-refractivity contribution in [3.05, 3.63) is 47.1 Å². The highest BCUT2D eigenvalue weighted by Gasteiger charge is 2.22. The minimum atomic E-state index is -0.498. The van der Waals surface area contributed by atoms with Gasteiger partial charge in [0.05, 0.1) is 11.4 Å². The summed E-state index contributed by atoms with van der Waals surface area (Å²) in [5.41, 5.74) is 5.39. The minimum Gasteiger partial charge on any atom is -0.360 e. The monoisotopic (exact) mass is 351 g/mol. The van der Waals surface area contributed by atoms with Crippen LogP contribution >= 0.6 is 11.8 Å². The van der Waals surface area contributed by atoms with Crippen molar-refractivity contribution in [1.29, 1.82) is 0 Å². The van der Waals surface area contributed by atoms with Crippen molar-refractivity contribution in [3.8, 4) is 0 Å². The summed E-state index contributed by atoms with van der Waals surface area (Å²) in [4.78, 5) is 24.4. The van der Waals surface area contributed by atoms with Gasteiger partial charge in [0.2, 0.25) is 5.91 Å². The molecule has 2 rings (SSSR count). The first-order valence-electron chi connectivity index (χ1n) is 7.32. The number of nitrogens with zero attached hydrogens (tertiary/aromatic N) is 1. The Morgan fingerprint density at radius 3 is 2.67 bits per heavy atom. The molecule has 1 aromatic carbocycles. The van der Waals surface area contributed by atoms with Crippen LogP contribution in [0.4, 0.5) is 4.39 Å². The van der Waals surface area contributed by atoms with Crippen LogP contribution < -0.4 is 10.9 Å². The first-order chi connectivity index (χ1) is 11.4. The van der Waals surface area contributed by atoms with E-state index in [1.54, 1.807) is 25.1 Å². The Morgan fingerprint density at radius 2 is 2.00 bits per heavy atom. The smallest absolute Gasteiger partial charge is 0.275 e. The van der Waals surface area contributed by atoms with Gasteiger partial charge in [-0.05, 0) is 19.1 Å². The van der Waals surface area contributed by atoms with E-state index < -0.39 is 11.8 Å². The summed E-state index contributed by atoms with van der Waals surface area (Å²) in [6.07, 6.45) is 0. The number of rotatable bonds is 5. The zero-order chi connectivity index (χ0) is 17.7. The zero-order valence-electron chi connectivity index (χ0n) is 13.6. The highest BCUT2D eigenvalue weighted by atomic mass is 32.2. The summed E-state index contributed by atoms with van der Waals surface area (Å²) in [7, 11) is 0. The number of aryl methyl sites for hydroxylation is 1. The maximum absolute atomic E-state index is 13.5. The third kappa shape index (κ3) is 4.35. The molecular weight excluding hydrogens is 333 g/mol. The fourth-order valence-electron chi connectivity index (χ4n) is 1.99. The van der Waals surface area contributed by atoms with Crippen LogP contribution in [0.5, 0.6) is 0 Å². The van der Waals surface area contributed by atoms with Gasteiger partial charge in [-0.25, -0.2) is 4.39 Å². The normalized spacial score (nSPS) is 10.7. The van der Waals surface area contributed by atoms with Crippen LogP contribution in [0.15, 0.2) is 33.7 Å². The molecule has 0 aliphatic heterocycles. The van der Waals surface area contributed by atoms with Gasteiger partial charge in [0, 0.05) is 10.8 Å². The van der Waals surface area contributed by atoms with Crippen molar-refractivity contribution >= 4 is 23.6 Å². The average molecular weight is 351 g/mol. The Bertz CT molecular complexity index is 746. The summed E-state index contributed by atoms with van der Waals surface area (Å²) in [6, 6.07) is 6.17. The predicted octanol–water partition coefficient (Wildman–Crippen LogP) is 2.80. The molecule has 0 atom stereocenters. The van der Waals surface area contributed by atoms with E-state index in [-0.39, 0.29) is 17.5 Å². The SMILES string of the molecule is Cc1noc(C(C)C)c1C(=O)NNC(=O)CSc1ccccc1F. The maximum Gasteiger partial charge on any atom is 0.275 e. The van der Waals surface area contributed by atoms with Crippen LogP contribution in [0.1, 0.15) is 41.6 Å². The quantitative estimate of drug-likeness (QED) is 0.639. The van der Waals surface area contributed by atoms with Crippen molar-refractivity contribution < 1.29 is 18.5 Å². The molecule has 6 nitrogen and oxygen atoms in total. The van der Waals surface area contributed by atoms with Crippen molar-refractivity contribution in [1.82, 2.24) is 16.0 Å². The number of aromatic nitrogens is 1. The van der Waals surface area contributed by atoms with Crippen LogP contribution in [0.3, 0.4) is 0 Å². The number of hydrogen-bond acceptors (Lipinski definition) is 5. The third-order valence-electron chi connectivity index (χ3n) is 3.15. The van der Waals surface area contributed by atoms with E-state index in [1.165, 1.54) is 6.07 Å². The van der Waals surface area contributed by atoms with Crippen molar-refractivity contribution in [2.24, 2.45) is 0 Å². The molecule has 0 unspecified atom stereocenters. The molecule has 8 heteroatoms. The van der Waals surface area contributed by atoms with Crippen LogP contribution in [0, 0.1) is 12.7 Å². The van der Waals surface area contributed by atoms with Gasteiger partial charge in [-0.3, -0.25) is 20.4 Å². The molecule has 128 valence electrons. The lowest BCUT2D eigenvalue weighted by atomic mass is 10.1. The molecule has 2 N–H and O–H groups in total. The number of hydrazine groups is 1. The molecule has 0 fully saturated rings. The second-order valence-electron chi connectivity index (χ2n) is 5.38. The van der Waals surface area contributed by atoms with E-state index in [0.29, 0.717) is 21.9 Å². The highest BCUT2D eigenvalue weighted by Crippen LogP contribution is 2.22. The van der Waals surface area contributed by atoms with E-state index in [0.717, 1.165) is 11.8 Å². The van der Waals surface area contributed by atoms with E-state index in [9.17, 15) is 14.0 Å². The molecule has 24 heavy (non-hydrogen) atoms. The molecule has 0 aliphatic carbocycles. The van der Waals surface area contributed by atoms with Crippen molar-refractivity contribution in [3.63, 3.8) is 0 Å². The first-order valence-corrected chi connectivity index (χ1v) is 8.31. The summed E-state index contributed by atoms with van der Waals surface area (Å²) in [5.74, 6) is -0.917. The molecule has 0 saturated carbocycles. The Hall–Kier alpha value is -2.35. The van der Waals surface area contributed by atoms with Gasteiger partial charge in [-0.2, -0.15) is 0 Å². The molecule has 0 bridgehead atoms. The largest absolute Gasteiger partial charge is 0.360 e. The maximum atomic E-state index is 13.5. The Labute approximate surface area is 143 Å². The number of halogens is 1. The third-order valence-corrected chi connectivity index (χ3v) is 4.20. The van der Waals surface area contributed by atoms with E-state index in [2.05, 4.69) is 16.0 Å². The van der Waals surface area contributed by atoms with Gasteiger partial charge in [-0.1, -0.05) is 31.1 Å². The summed E-state index contributed by atoms with van der Waals surface area (Å²) < 4.78 is 18.6. The molecule has 0 aliphatic rings. The minimum absolute atomic E-state index is 0.0146. The van der Waals surface area contributed by atoms with Crippen molar-refractivity contribution in [2.75, 3.05) is 5.75 Å². The molecular formula is C16H18FN3O3S. The standard InChI is InChI=1S/C16H18FN3O3S/c1-9(2)15-14(10(3)20-23-15)16(22)19-18-13(21)8-24-12-7-5-4-6-11(12)17/h4-7,9H,8H2,1-3H3,(H,18,21)(H,19,22). The second kappa shape index (κ2) is 7.96. The van der Waals surface area contributed by atoms with E-state index in [1.807, 2.05) is 13.8 Å². The first kappa shape index (κ1) is 18.0. The fraction of sp³-hybridized carbons (Fsp3) is 0.312. The van der Waals surface area contributed by atoms with Gasteiger partial charge in [0.15, 0.2) is 5.76 Å². The predicted molar refractivity (Wildman–Crippen MR) is 88.1 cm³/mol. The van der Waals surface area contributed by atoms with E-state index >= 15 is 0 Å². The lowest BCUT2D eigenvalue weighted by molar-refractivity contribution is -0.119.